The summed E-state index contributed by atoms with van der Waals surface area (Å²) in [7, 11) is 0. The highest BCUT2D eigenvalue weighted by Crippen LogP contribution is 2.34. The average Bonchev–Trinajstić information content (AvgIpc) is 3.65. The Kier molecular flexibility index (Phi) is 6.45. The SMILES string of the molecule is CCCCc1cn(-c2cccn2C(C)(C)C)c(=O)n1CC1(c2cccc(-c3nn[nH]n3)c2)C=CNC=C1. The number of allylic oxidation sites excluding steroid dienone is 2. The Hall–Kier alpha value is -4.14. The minimum absolute atomic E-state index is 0.0377. The van der Waals surface area contributed by atoms with E-state index in [1.54, 1.807) is 4.57 Å². The number of aromatic amines is 1. The molecule has 37 heavy (non-hydrogen) atoms. The van der Waals surface area contributed by atoms with Crippen LogP contribution >= 0.6 is 0 Å². The van der Waals surface area contributed by atoms with Gasteiger partial charge in [0.25, 0.3) is 0 Å². The Bertz CT molecular complexity index is 1460. The minimum atomic E-state index is -0.534. The molecule has 0 amide bonds. The van der Waals surface area contributed by atoms with Gasteiger partial charge in [-0.15, -0.1) is 10.2 Å². The van der Waals surface area contributed by atoms with Crippen LogP contribution in [0, 0.1) is 0 Å². The van der Waals surface area contributed by atoms with Crippen molar-refractivity contribution in [2.24, 2.45) is 0 Å². The monoisotopic (exact) mass is 498 g/mol. The maximum absolute atomic E-state index is 14.0. The van der Waals surface area contributed by atoms with E-state index in [4.69, 9.17) is 0 Å². The second-order valence-corrected chi connectivity index (χ2v) is 10.6. The molecule has 1 aromatic carbocycles. The highest BCUT2D eigenvalue weighted by molar-refractivity contribution is 5.57. The zero-order valence-electron chi connectivity index (χ0n) is 21.8. The van der Waals surface area contributed by atoms with Crippen molar-refractivity contribution in [1.82, 2.24) is 39.6 Å². The van der Waals surface area contributed by atoms with Gasteiger partial charge in [0, 0.05) is 35.7 Å². The van der Waals surface area contributed by atoms with Crippen molar-refractivity contribution in [3.8, 4) is 17.2 Å². The summed E-state index contributed by atoms with van der Waals surface area (Å²) in [5.41, 5.74) is 2.22. The fourth-order valence-electron chi connectivity index (χ4n) is 4.94. The quantitative estimate of drug-likeness (QED) is 0.378. The molecule has 0 fully saturated rings. The lowest BCUT2D eigenvalue weighted by Crippen LogP contribution is -2.36. The minimum Gasteiger partial charge on any atom is -0.368 e. The zero-order valence-corrected chi connectivity index (χ0v) is 21.8. The highest BCUT2D eigenvalue weighted by atomic mass is 16.1. The third-order valence-corrected chi connectivity index (χ3v) is 6.92. The van der Waals surface area contributed by atoms with Crippen molar-refractivity contribution in [1.29, 1.82) is 0 Å². The van der Waals surface area contributed by atoms with Gasteiger partial charge in [0.1, 0.15) is 5.82 Å². The Morgan fingerprint density at radius 3 is 2.59 bits per heavy atom. The van der Waals surface area contributed by atoms with Gasteiger partial charge in [-0.2, -0.15) is 5.21 Å². The van der Waals surface area contributed by atoms with Gasteiger partial charge in [-0.3, -0.25) is 9.13 Å². The molecule has 1 aliphatic rings. The summed E-state index contributed by atoms with van der Waals surface area (Å²) in [4.78, 5) is 14.0. The number of hydrogen-bond acceptors (Lipinski definition) is 5. The van der Waals surface area contributed by atoms with Crippen LogP contribution in [0.3, 0.4) is 0 Å². The van der Waals surface area contributed by atoms with Crippen LogP contribution in [0.1, 0.15) is 51.8 Å². The smallest absolute Gasteiger partial charge is 0.334 e. The summed E-state index contributed by atoms with van der Waals surface area (Å²) in [6.45, 7) is 9.08. The normalized spacial score (nSPS) is 14.7. The summed E-state index contributed by atoms with van der Waals surface area (Å²) in [6.07, 6.45) is 15.1. The van der Waals surface area contributed by atoms with Gasteiger partial charge in [-0.25, -0.2) is 4.79 Å². The molecule has 1 aliphatic heterocycles. The number of tetrazole rings is 1. The molecule has 2 N–H and O–H groups in total. The first-order valence-electron chi connectivity index (χ1n) is 12.8. The van der Waals surface area contributed by atoms with Crippen molar-refractivity contribution in [3.05, 3.63) is 95.1 Å². The first-order chi connectivity index (χ1) is 17.8. The van der Waals surface area contributed by atoms with Crippen LogP contribution in [0.5, 0.6) is 0 Å². The van der Waals surface area contributed by atoms with E-state index in [0.717, 1.165) is 41.9 Å². The Labute approximate surface area is 216 Å². The first kappa shape index (κ1) is 24.5. The third kappa shape index (κ3) is 4.69. The van der Waals surface area contributed by atoms with E-state index in [2.05, 4.69) is 82.5 Å². The zero-order chi connectivity index (χ0) is 26.0. The van der Waals surface area contributed by atoms with Crippen molar-refractivity contribution in [3.63, 3.8) is 0 Å². The lowest BCUT2D eigenvalue weighted by Gasteiger charge is -2.31. The van der Waals surface area contributed by atoms with Crippen molar-refractivity contribution >= 4 is 0 Å². The fraction of sp³-hybridized carbons (Fsp3) is 0.357. The van der Waals surface area contributed by atoms with Crippen LogP contribution in [-0.4, -0.2) is 34.3 Å². The number of H-pyrrole nitrogens is 1. The third-order valence-electron chi connectivity index (χ3n) is 6.92. The molecule has 0 unspecified atom stereocenters. The van der Waals surface area contributed by atoms with Crippen LogP contribution in [-0.2, 0) is 23.9 Å². The Morgan fingerprint density at radius 1 is 1.08 bits per heavy atom. The summed E-state index contributed by atoms with van der Waals surface area (Å²) in [5, 5.41) is 17.7. The lowest BCUT2D eigenvalue weighted by molar-refractivity contribution is 0.392. The summed E-state index contributed by atoms with van der Waals surface area (Å²) in [5.74, 6) is 1.41. The summed E-state index contributed by atoms with van der Waals surface area (Å²) < 4.78 is 5.89. The van der Waals surface area contributed by atoms with E-state index in [1.165, 1.54) is 0 Å². The average molecular weight is 499 g/mol. The van der Waals surface area contributed by atoms with Crippen LogP contribution in [0.15, 0.2) is 78.1 Å². The number of benzene rings is 1. The van der Waals surface area contributed by atoms with Gasteiger partial charge in [0.15, 0.2) is 0 Å². The van der Waals surface area contributed by atoms with Gasteiger partial charge in [-0.1, -0.05) is 43.7 Å². The number of hydrogen-bond donors (Lipinski definition) is 2. The van der Waals surface area contributed by atoms with Crippen LogP contribution in [0.2, 0.25) is 0 Å². The predicted octanol–water partition coefficient (Wildman–Crippen LogP) is 4.29. The maximum Gasteiger partial charge on any atom is 0.334 e. The Balaban J connectivity index is 1.63. The van der Waals surface area contributed by atoms with E-state index < -0.39 is 5.41 Å². The number of dihydropyridines is 1. The molecule has 0 aliphatic carbocycles. The number of unbranched alkanes of at least 4 members (excludes halogenated alkanes) is 1. The molecule has 0 atom stereocenters. The van der Waals surface area contributed by atoms with E-state index in [-0.39, 0.29) is 11.2 Å². The van der Waals surface area contributed by atoms with Crippen LogP contribution in [0.4, 0.5) is 0 Å². The largest absolute Gasteiger partial charge is 0.368 e. The molecule has 9 heteroatoms. The standard InChI is InChI=1S/C28H34N8O/c1-5-6-11-23-19-34(24-12-8-17-36(24)27(2,3)4)26(37)35(23)20-28(13-15-29-16-14-28)22-10-7-9-21(18-22)25-30-32-33-31-25/h7-10,12-19,29H,5-6,11,20H2,1-4H3,(H,30,31,32,33). The number of rotatable bonds is 8. The van der Waals surface area contributed by atoms with E-state index in [0.29, 0.717) is 12.4 Å². The molecular formula is C28H34N8O. The van der Waals surface area contributed by atoms with Gasteiger partial charge in [0.2, 0.25) is 5.82 Å². The second kappa shape index (κ2) is 9.72. The molecule has 0 radical (unpaired) electrons. The summed E-state index contributed by atoms with van der Waals surface area (Å²) in [6, 6.07) is 12.1. The molecular weight excluding hydrogens is 464 g/mol. The molecule has 3 aromatic heterocycles. The van der Waals surface area contributed by atoms with E-state index >= 15 is 0 Å². The molecule has 0 saturated heterocycles. The molecule has 5 rings (SSSR count). The highest BCUT2D eigenvalue weighted by Gasteiger charge is 2.32. The molecule has 9 nitrogen and oxygen atoms in total. The molecule has 0 bridgehead atoms. The van der Waals surface area contributed by atoms with E-state index in [9.17, 15) is 4.79 Å². The molecule has 192 valence electrons. The predicted molar refractivity (Wildman–Crippen MR) is 144 cm³/mol. The second-order valence-electron chi connectivity index (χ2n) is 10.6. The summed E-state index contributed by atoms with van der Waals surface area (Å²) >= 11 is 0. The van der Waals surface area contributed by atoms with Crippen molar-refractivity contribution < 1.29 is 0 Å². The number of nitrogens with zero attached hydrogens (tertiary/aromatic N) is 6. The Morgan fingerprint density at radius 2 is 1.89 bits per heavy atom. The van der Waals surface area contributed by atoms with E-state index in [1.807, 2.05) is 53.6 Å². The van der Waals surface area contributed by atoms with Gasteiger partial charge in [0.05, 0.1) is 5.41 Å². The molecule has 0 spiro atoms. The van der Waals surface area contributed by atoms with Crippen molar-refractivity contribution in [2.75, 3.05) is 0 Å². The first-order valence-corrected chi connectivity index (χ1v) is 12.8. The molecule has 4 aromatic rings. The van der Waals surface area contributed by atoms with Gasteiger partial charge < -0.3 is 9.88 Å². The number of imidazole rings is 1. The van der Waals surface area contributed by atoms with Crippen molar-refractivity contribution in [2.45, 2.75) is 64.5 Å². The fourth-order valence-corrected chi connectivity index (χ4v) is 4.94. The number of nitrogens with one attached hydrogen (secondary N) is 2. The molecule has 0 saturated carbocycles. The maximum atomic E-state index is 14.0. The van der Waals surface area contributed by atoms with Crippen LogP contribution < -0.4 is 11.0 Å². The molecule has 4 heterocycles. The topological polar surface area (TPSA) is 98.4 Å². The number of aromatic nitrogens is 7. The lowest BCUT2D eigenvalue weighted by atomic mass is 9.78. The number of aryl methyl sites for hydroxylation is 1. The van der Waals surface area contributed by atoms with Gasteiger partial charge in [-0.05, 0) is 75.0 Å². The van der Waals surface area contributed by atoms with Gasteiger partial charge >= 0.3 is 5.69 Å². The van der Waals surface area contributed by atoms with Crippen LogP contribution in [0.25, 0.3) is 17.2 Å².